The highest BCUT2D eigenvalue weighted by molar-refractivity contribution is 5.94. The van der Waals surface area contributed by atoms with Crippen molar-refractivity contribution in [2.24, 2.45) is 11.8 Å². The predicted octanol–water partition coefficient (Wildman–Crippen LogP) is 3.59. The first-order valence-corrected chi connectivity index (χ1v) is 10.0. The van der Waals surface area contributed by atoms with Gasteiger partial charge in [-0.25, -0.2) is 4.39 Å². The molecule has 3 unspecified atom stereocenters. The molecule has 4 rings (SSSR count). The van der Waals surface area contributed by atoms with Crippen LogP contribution in [0.5, 0.6) is 0 Å². The lowest BCUT2D eigenvalue weighted by Crippen LogP contribution is -2.33. The maximum absolute atomic E-state index is 13.1. The normalized spacial score (nSPS) is 23.3. The van der Waals surface area contributed by atoms with E-state index in [1.807, 2.05) is 12.1 Å². The first-order chi connectivity index (χ1) is 14.0. The number of nitrogens with one attached hydrogen (secondary N) is 1. The minimum atomic E-state index is -0.502. The van der Waals surface area contributed by atoms with Crippen LogP contribution in [0, 0.1) is 27.8 Å². The van der Waals surface area contributed by atoms with Crippen molar-refractivity contribution in [3.63, 3.8) is 0 Å². The Morgan fingerprint density at radius 2 is 2.00 bits per heavy atom. The van der Waals surface area contributed by atoms with Gasteiger partial charge in [0, 0.05) is 37.3 Å². The minimum absolute atomic E-state index is 0.0825. The third-order valence-electron chi connectivity index (χ3n) is 6.19. The number of fused-ring (bicyclic) bond motifs is 1. The Morgan fingerprint density at radius 1 is 1.21 bits per heavy atom. The molecule has 1 N–H and O–H groups in total. The summed E-state index contributed by atoms with van der Waals surface area (Å²) in [5, 5.41) is 13.7. The molecule has 1 saturated carbocycles. The highest BCUT2D eigenvalue weighted by Crippen LogP contribution is 2.51. The van der Waals surface area contributed by atoms with Gasteiger partial charge in [0.2, 0.25) is 0 Å². The summed E-state index contributed by atoms with van der Waals surface area (Å²) in [5.74, 6) is 1.40. The summed E-state index contributed by atoms with van der Waals surface area (Å²) < 4.78 is 13.1. The number of rotatable bonds is 7. The van der Waals surface area contributed by atoms with Crippen LogP contribution < -0.4 is 5.32 Å². The number of hydrogen-bond donors (Lipinski definition) is 1. The summed E-state index contributed by atoms with van der Waals surface area (Å²) in [5.41, 5.74) is 1.46. The molecule has 6 nitrogen and oxygen atoms in total. The Labute approximate surface area is 168 Å². The molecular formula is C22H24FN3O3. The van der Waals surface area contributed by atoms with Crippen molar-refractivity contribution in [2.75, 3.05) is 26.2 Å². The molecule has 2 aromatic carbocycles. The van der Waals surface area contributed by atoms with Crippen LogP contribution in [0.3, 0.4) is 0 Å². The van der Waals surface area contributed by atoms with E-state index in [0.717, 1.165) is 32.5 Å². The molecule has 152 valence electrons. The largest absolute Gasteiger partial charge is 0.352 e. The molecule has 2 fully saturated rings. The highest BCUT2D eigenvalue weighted by atomic mass is 19.1. The topological polar surface area (TPSA) is 75.5 Å². The molecule has 7 heteroatoms. The lowest BCUT2D eigenvalue weighted by Gasteiger charge is -2.40. The molecular weight excluding hydrogens is 373 g/mol. The molecule has 0 aromatic heterocycles. The molecule has 1 heterocycles. The predicted molar refractivity (Wildman–Crippen MR) is 107 cm³/mol. The molecule has 2 aliphatic rings. The first-order valence-electron chi connectivity index (χ1n) is 10.0. The number of hydrogen-bond acceptors (Lipinski definition) is 4. The van der Waals surface area contributed by atoms with E-state index in [-0.39, 0.29) is 17.4 Å². The van der Waals surface area contributed by atoms with Crippen LogP contribution >= 0.6 is 0 Å². The number of non-ortho nitro benzene ring substituents is 1. The quantitative estimate of drug-likeness (QED) is 0.440. The second kappa shape index (κ2) is 8.29. The Hall–Kier alpha value is -2.80. The fraction of sp³-hybridized carbons (Fsp3) is 0.409. The van der Waals surface area contributed by atoms with Crippen molar-refractivity contribution in [3.8, 4) is 0 Å². The fourth-order valence-corrected chi connectivity index (χ4v) is 4.64. The van der Waals surface area contributed by atoms with Crippen LogP contribution in [0.1, 0.15) is 34.7 Å². The third-order valence-corrected chi connectivity index (χ3v) is 6.19. The molecule has 0 bridgehead atoms. The minimum Gasteiger partial charge on any atom is -0.352 e. The maximum atomic E-state index is 13.1. The Bertz CT molecular complexity index is 902. The zero-order valence-corrected chi connectivity index (χ0v) is 16.1. The van der Waals surface area contributed by atoms with Crippen molar-refractivity contribution in [1.29, 1.82) is 0 Å². The van der Waals surface area contributed by atoms with Gasteiger partial charge in [0.05, 0.1) is 4.92 Å². The van der Waals surface area contributed by atoms with Crippen LogP contribution in [0.25, 0.3) is 0 Å². The van der Waals surface area contributed by atoms with Crippen LogP contribution in [0.4, 0.5) is 10.1 Å². The summed E-state index contributed by atoms with van der Waals surface area (Å²) in [7, 11) is 0. The number of amides is 1. The third kappa shape index (κ3) is 4.29. The average Bonchev–Trinajstić information content (AvgIpc) is 3.03. The van der Waals surface area contributed by atoms with Crippen molar-refractivity contribution in [1.82, 2.24) is 10.2 Å². The first kappa shape index (κ1) is 19.5. The van der Waals surface area contributed by atoms with E-state index in [1.165, 1.54) is 23.8 Å². The van der Waals surface area contributed by atoms with Gasteiger partial charge in [-0.1, -0.05) is 18.2 Å². The van der Waals surface area contributed by atoms with Gasteiger partial charge in [-0.05, 0) is 60.9 Å². The monoisotopic (exact) mass is 397 g/mol. The maximum Gasteiger partial charge on any atom is 0.270 e. The van der Waals surface area contributed by atoms with Gasteiger partial charge in [0.15, 0.2) is 0 Å². The van der Waals surface area contributed by atoms with Gasteiger partial charge >= 0.3 is 0 Å². The van der Waals surface area contributed by atoms with E-state index < -0.39 is 4.92 Å². The number of halogens is 1. The van der Waals surface area contributed by atoms with Crippen molar-refractivity contribution in [2.45, 2.75) is 18.8 Å². The standard InChI is InChI=1S/C22H24FN3O3/c23-18-7-5-15(6-8-18)20-12-17-13-25(14-21(17)20)10-2-9-24-22(27)16-3-1-4-19(11-16)26(28)29/h1,3-8,11,17,20-21H,2,9-10,12-14H2,(H,24,27). The molecule has 3 atom stereocenters. The van der Waals surface area contributed by atoms with Gasteiger partial charge in [-0.2, -0.15) is 0 Å². The number of benzene rings is 2. The number of carbonyl (C=O) groups excluding carboxylic acids is 1. The number of likely N-dealkylation sites (tertiary alicyclic amines) is 1. The molecule has 1 amide bonds. The van der Waals surface area contributed by atoms with Crippen molar-refractivity contribution in [3.05, 3.63) is 75.6 Å². The zero-order valence-electron chi connectivity index (χ0n) is 16.1. The number of nitro groups is 1. The van der Waals surface area contributed by atoms with Crippen LogP contribution in [-0.2, 0) is 0 Å². The van der Waals surface area contributed by atoms with Crippen molar-refractivity contribution < 1.29 is 14.1 Å². The lowest BCUT2D eigenvalue weighted by atomic mass is 9.64. The molecule has 0 spiro atoms. The number of nitrogens with zero attached hydrogens (tertiary/aromatic N) is 2. The van der Waals surface area contributed by atoms with E-state index in [1.54, 1.807) is 18.2 Å². The van der Waals surface area contributed by atoms with Crippen LogP contribution in [0.2, 0.25) is 0 Å². The fourth-order valence-electron chi connectivity index (χ4n) is 4.64. The van der Waals surface area contributed by atoms with E-state index in [0.29, 0.717) is 29.9 Å². The summed E-state index contributed by atoms with van der Waals surface area (Å²) in [6.07, 6.45) is 2.00. The molecule has 0 radical (unpaired) electrons. The summed E-state index contributed by atoms with van der Waals surface area (Å²) in [6, 6.07) is 12.7. The molecule has 1 aliphatic carbocycles. The van der Waals surface area contributed by atoms with Gasteiger partial charge in [-0.3, -0.25) is 14.9 Å². The Balaban J connectivity index is 1.20. The van der Waals surface area contributed by atoms with E-state index in [4.69, 9.17) is 0 Å². The van der Waals surface area contributed by atoms with Crippen LogP contribution in [-0.4, -0.2) is 41.9 Å². The van der Waals surface area contributed by atoms with Crippen LogP contribution in [0.15, 0.2) is 48.5 Å². The summed E-state index contributed by atoms with van der Waals surface area (Å²) in [6.45, 7) is 3.58. The molecule has 29 heavy (non-hydrogen) atoms. The highest BCUT2D eigenvalue weighted by Gasteiger charge is 2.47. The Kier molecular flexibility index (Phi) is 5.58. The van der Waals surface area contributed by atoms with E-state index in [9.17, 15) is 19.3 Å². The zero-order chi connectivity index (χ0) is 20.4. The number of carbonyl (C=O) groups is 1. The van der Waals surface area contributed by atoms with Gasteiger partial charge in [0.1, 0.15) is 5.82 Å². The molecule has 2 aromatic rings. The van der Waals surface area contributed by atoms with Gasteiger partial charge in [0.25, 0.3) is 11.6 Å². The lowest BCUT2D eigenvalue weighted by molar-refractivity contribution is -0.384. The van der Waals surface area contributed by atoms with Gasteiger partial charge < -0.3 is 10.2 Å². The average molecular weight is 397 g/mol. The Morgan fingerprint density at radius 3 is 2.76 bits per heavy atom. The summed E-state index contributed by atoms with van der Waals surface area (Å²) in [4.78, 5) is 24.9. The van der Waals surface area contributed by atoms with E-state index in [2.05, 4.69) is 10.2 Å². The van der Waals surface area contributed by atoms with Gasteiger partial charge in [-0.15, -0.1) is 0 Å². The molecule has 1 aliphatic heterocycles. The summed E-state index contributed by atoms with van der Waals surface area (Å²) >= 11 is 0. The second-order valence-electron chi connectivity index (χ2n) is 7.99. The van der Waals surface area contributed by atoms with Crippen molar-refractivity contribution >= 4 is 11.6 Å². The van der Waals surface area contributed by atoms with E-state index >= 15 is 0 Å². The SMILES string of the molecule is O=C(NCCCN1CC2CC(c3ccc(F)cc3)C2C1)c1cccc([N+](=O)[O-])c1. The smallest absolute Gasteiger partial charge is 0.270 e. The second-order valence-corrected chi connectivity index (χ2v) is 7.99. The molecule has 1 saturated heterocycles. The number of nitro benzene ring substituents is 1.